The van der Waals surface area contributed by atoms with E-state index in [1.54, 1.807) is 0 Å². The van der Waals surface area contributed by atoms with E-state index in [0.29, 0.717) is 0 Å². The molecule has 1 aliphatic rings. The van der Waals surface area contributed by atoms with E-state index >= 15 is 0 Å². The number of para-hydroxylation sites is 5. The molecule has 1 radical (unpaired) electrons. The van der Waals surface area contributed by atoms with Crippen LogP contribution >= 0.6 is 0 Å². The Hall–Kier alpha value is -5.70. The topological polar surface area (TPSA) is 23.8 Å². The van der Waals surface area contributed by atoms with Crippen molar-refractivity contribution >= 4 is 50.6 Å². The minimum Gasteiger partial charge on any atom is -0.334 e. The van der Waals surface area contributed by atoms with E-state index in [0.717, 1.165) is 45.2 Å². The molecule has 3 heterocycles. The van der Waals surface area contributed by atoms with Crippen LogP contribution in [-0.4, -0.2) is 15.6 Å². The van der Waals surface area contributed by atoms with Crippen molar-refractivity contribution in [2.45, 2.75) is 20.8 Å². The number of nitrogens with zero attached hydrogens (tertiary/aromatic N) is 4. The minimum absolute atomic E-state index is 0. The Kier molecular flexibility index (Phi) is 9.21. The number of hydrogen-bond donors (Lipinski definition) is 0. The second-order valence-electron chi connectivity index (χ2n) is 12.3. The average molecular weight is 823 g/mol. The van der Waals surface area contributed by atoms with Gasteiger partial charge in [-0.3, -0.25) is 0 Å². The van der Waals surface area contributed by atoms with Crippen LogP contribution in [0, 0.1) is 32.9 Å². The van der Waals surface area contributed by atoms with Crippen LogP contribution in [0.1, 0.15) is 16.7 Å². The average Bonchev–Trinajstić information content (AvgIpc) is 3.70. The Morgan fingerprint density at radius 3 is 2.00 bits per heavy atom. The van der Waals surface area contributed by atoms with E-state index in [1.807, 2.05) is 18.3 Å². The van der Waals surface area contributed by atoms with Crippen LogP contribution in [0.15, 0.2) is 152 Å². The molecule has 4 nitrogen and oxygen atoms in total. The third kappa shape index (κ3) is 6.15. The fourth-order valence-corrected chi connectivity index (χ4v) is 6.32. The maximum absolute atomic E-state index is 4.41. The van der Waals surface area contributed by atoms with E-state index in [4.69, 9.17) is 0 Å². The van der Waals surface area contributed by atoms with Crippen LogP contribution in [0.3, 0.4) is 0 Å². The second-order valence-corrected chi connectivity index (χ2v) is 12.3. The number of pyridine rings is 1. The summed E-state index contributed by atoms with van der Waals surface area (Å²) in [6.07, 6.45) is 1.92. The van der Waals surface area contributed by atoms with Crippen molar-refractivity contribution in [1.82, 2.24) is 18.7 Å². The van der Waals surface area contributed by atoms with Crippen LogP contribution in [0.5, 0.6) is 0 Å². The van der Waals surface area contributed by atoms with Gasteiger partial charge in [0.15, 0.2) is 0 Å². The molecule has 1 aliphatic heterocycles. The molecule has 0 amide bonds. The maximum Gasteiger partial charge on any atom is 0.501 e. The van der Waals surface area contributed by atoms with Crippen molar-refractivity contribution in [3.8, 4) is 16.9 Å². The van der Waals surface area contributed by atoms with Crippen LogP contribution in [0.2, 0.25) is 0 Å². The first kappa shape index (κ1) is 32.8. The van der Waals surface area contributed by atoms with Crippen molar-refractivity contribution in [3.05, 3.63) is 181 Å². The summed E-state index contributed by atoms with van der Waals surface area (Å²) in [5, 5.41) is 2.42. The summed E-state index contributed by atoms with van der Waals surface area (Å²) in [6.45, 7) is 6.24. The summed E-state index contributed by atoms with van der Waals surface area (Å²) < 4.78 is 6.55. The molecular weight excluding hydrogens is 789 g/mol. The molecule has 0 spiro atoms. The Morgan fingerprint density at radius 1 is 0.600 bits per heavy atom. The molecule has 0 saturated heterocycles. The standard InChI is InChI=1S/C31H20N3.C14H14N.Ir/c1-3-11-23(12-4-1)32-22-33(30-18-10-9-17-29(30)32)25-19-20-27-26-15-7-8-16-28(26)34(31(27)21-25)24-13-5-2-6-14-24;1-10-4-6-13(7-5-10)14-8-11(2)12(3)9-15-14;/h1-18,20-21H;4-6,8-9H,1-3H3;/q+1;-1;. The quantitative estimate of drug-likeness (QED) is 0.128. The minimum atomic E-state index is 0. The predicted molar refractivity (Wildman–Crippen MR) is 203 cm³/mol. The zero-order valence-corrected chi connectivity index (χ0v) is 30.5. The van der Waals surface area contributed by atoms with Crippen LogP contribution in [0.4, 0.5) is 22.7 Å². The van der Waals surface area contributed by atoms with Gasteiger partial charge < -0.3 is 9.55 Å². The van der Waals surface area contributed by atoms with Crippen molar-refractivity contribution < 1.29 is 20.1 Å². The fourth-order valence-electron chi connectivity index (χ4n) is 6.32. The Balaban J connectivity index is 0.000000207. The molecular formula is C45H34IrN4. The third-order valence-electron chi connectivity index (χ3n) is 9.04. The van der Waals surface area contributed by atoms with Crippen molar-refractivity contribution in [3.63, 3.8) is 0 Å². The summed E-state index contributed by atoms with van der Waals surface area (Å²) in [7, 11) is 0. The normalized spacial score (nSPS) is 11.7. The molecule has 0 N–H and O–H groups in total. The van der Waals surface area contributed by atoms with Crippen molar-refractivity contribution in [2.75, 3.05) is 0 Å². The van der Waals surface area contributed by atoms with E-state index in [1.165, 1.54) is 33.0 Å². The van der Waals surface area contributed by atoms with Crippen LogP contribution < -0.4 is 9.15 Å². The van der Waals surface area contributed by atoms with Gasteiger partial charge in [0, 0.05) is 61.8 Å². The molecule has 8 aromatic rings. The summed E-state index contributed by atoms with van der Waals surface area (Å²) in [4.78, 5) is 4.41. The first-order valence-corrected chi connectivity index (χ1v) is 16.5. The molecule has 6 aromatic carbocycles. The molecule has 2 aromatic heterocycles. The molecule has 0 bridgehead atoms. The van der Waals surface area contributed by atoms with Gasteiger partial charge in [-0.25, -0.2) is 0 Å². The van der Waals surface area contributed by atoms with Gasteiger partial charge in [-0.1, -0.05) is 95.9 Å². The van der Waals surface area contributed by atoms with Gasteiger partial charge in [0.05, 0.1) is 0 Å². The van der Waals surface area contributed by atoms with Gasteiger partial charge in [0.2, 0.25) is 5.69 Å². The Labute approximate surface area is 306 Å². The molecule has 50 heavy (non-hydrogen) atoms. The molecule has 0 saturated carbocycles. The van der Waals surface area contributed by atoms with Gasteiger partial charge in [-0.2, -0.15) is 6.07 Å². The smallest absolute Gasteiger partial charge is 0.334 e. The number of aryl methyl sites for hydroxylation is 3. The molecule has 0 atom stereocenters. The van der Waals surface area contributed by atoms with Crippen LogP contribution in [0.25, 0.3) is 38.8 Å². The van der Waals surface area contributed by atoms with Crippen LogP contribution in [-0.2, 0) is 20.1 Å². The van der Waals surface area contributed by atoms with Gasteiger partial charge in [0.1, 0.15) is 5.69 Å². The first-order valence-electron chi connectivity index (χ1n) is 16.5. The zero-order chi connectivity index (χ0) is 33.3. The Morgan fingerprint density at radius 2 is 1.28 bits per heavy atom. The van der Waals surface area contributed by atoms with E-state index < -0.39 is 0 Å². The predicted octanol–water partition coefficient (Wildman–Crippen LogP) is 10.9. The van der Waals surface area contributed by atoms with Crippen molar-refractivity contribution in [1.29, 1.82) is 0 Å². The summed E-state index contributed by atoms with van der Waals surface area (Å²) in [5.41, 5.74) is 13.5. The number of benzene rings is 6. The Bertz CT molecular complexity index is 2540. The monoisotopic (exact) mass is 823 g/mol. The number of rotatable bonds is 4. The van der Waals surface area contributed by atoms with Gasteiger partial charge >= 0.3 is 6.01 Å². The van der Waals surface area contributed by atoms with Crippen molar-refractivity contribution in [2.24, 2.45) is 0 Å². The molecule has 0 fully saturated rings. The number of hydrogen-bond acceptors (Lipinski definition) is 1. The molecule has 9 rings (SSSR count). The van der Waals surface area contributed by atoms with E-state index in [9.17, 15) is 0 Å². The van der Waals surface area contributed by atoms with E-state index in [2.05, 4.69) is 191 Å². The van der Waals surface area contributed by atoms with Gasteiger partial charge in [-0.05, 0) is 58.8 Å². The molecule has 0 aliphatic carbocycles. The summed E-state index contributed by atoms with van der Waals surface area (Å²) in [5.74, 6) is 0. The SMILES string of the molecule is C1=[N+](c2[c-]cc3c4ccccc4n(-c4ccccc4)c3c2)c2ccccc2[N+]=1c1ccccc1.Cc1c[c-]c(-c2cc(C)c(C)cn2)cc1.[Ir]. The molecule has 243 valence electrons. The third-order valence-corrected chi connectivity index (χ3v) is 9.04. The molecule has 5 heteroatoms. The number of aromatic nitrogens is 2. The summed E-state index contributed by atoms with van der Waals surface area (Å²) in [6, 6.07) is 60.8. The van der Waals surface area contributed by atoms with E-state index in [-0.39, 0.29) is 20.1 Å². The second kappa shape index (κ2) is 14.0. The summed E-state index contributed by atoms with van der Waals surface area (Å²) >= 11 is 0. The maximum atomic E-state index is 4.41. The van der Waals surface area contributed by atoms with Gasteiger partial charge in [0.25, 0.3) is 11.4 Å². The number of fused-ring (bicyclic) bond motifs is 4. The largest absolute Gasteiger partial charge is 0.501 e. The zero-order valence-electron chi connectivity index (χ0n) is 28.1. The fraction of sp³-hybridized carbons (Fsp3) is 0.0667. The first-order chi connectivity index (χ1) is 24.0. The van der Waals surface area contributed by atoms with Gasteiger partial charge in [-0.15, -0.1) is 46.8 Å². The molecule has 0 unspecified atom stereocenters.